The number of hydrogen-bond acceptors (Lipinski definition) is 3. The average Bonchev–Trinajstić information content (AvgIpc) is 4.06. The largest absolute Gasteiger partial charge is 0.309 e. The Morgan fingerprint density at radius 3 is 1.36 bits per heavy atom. The molecule has 0 spiro atoms. The van der Waals surface area contributed by atoms with E-state index in [2.05, 4.69) is 231 Å². The minimum absolute atomic E-state index is 0.932. The molecule has 0 atom stereocenters. The zero-order chi connectivity index (χ0) is 45.4. The Morgan fingerprint density at radius 2 is 0.739 bits per heavy atom. The maximum absolute atomic E-state index is 5.15. The molecule has 6 heteroatoms. The fraction of sp³-hybridized carbons (Fsp3) is 0. The fourth-order valence-corrected chi connectivity index (χ4v) is 10.6. The Morgan fingerprint density at radius 1 is 0.275 bits per heavy atom. The highest BCUT2D eigenvalue weighted by Gasteiger charge is 2.19. The molecule has 0 aliphatic carbocycles. The van der Waals surface area contributed by atoms with Gasteiger partial charge in [0.1, 0.15) is 6.33 Å². The minimum Gasteiger partial charge on any atom is -0.309 e. The zero-order valence-corrected chi connectivity index (χ0v) is 37.3. The van der Waals surface area contributed by atoms with E-state index in [9.17, 15) is 0 Å². The third-order valence-electron chi connectivity index (χ3n) is 13.8. The molecule has 322 valence electrons. The van der Waals surface area contributed by atoms with Crippen molar-refractivity contribution < 1.29 is 0 Å². The summed E-state index contributed by atoms with van der Waals surface area (Å²) in [7, 11) is 0. The molecule has 9 aromatic carbocycles. The second kappa shape index (κ2) is 15.6. The van der Waals surface area contributed by atoms with E-state index in [1.54, 1.807) is 6.33 Å². The van der Waals surface area contributed by atoms with Crippen LogP contribution in [0.15, 0.2) is 243 Å². The van der Waals surface area contributed by atoms with Gasteiger partial charge in [0.05, 0.1) is 56.2 Å². The molecular weight excluding hydrogens is 841 g/mol. The van der Waals surface area contributed by atoms with Crippen molar-refractivity contribution in [3.8, 4) is 61.8 Å². The highest BCUT2D eigenvalue weighted by atomic mass is 15.0. The molecule has 0 aliphatic heterocycles. The van der Waals surface area contributed by atoms with Crippen LogP contribution < -0.4 is 0 Å². The van der Waals surface area contributed by atoms with Gasteiger partial charge < -0.3 is 13.7 Å². The van der Waals surface area contributed by atoms with Crippen LogP contribution in [0, 0.1) is 0 Å². The Kier molecular flexibility index (Phi) is 8.79. The number of nitrogens with zero attached hydrogens (tertiary/aromatic N) is 6. The number of aromatic nitrogens is 6. The predicted molar refractivity (Wildman–Crippen MR) is 285 cm³/mol. The summed E-state index contributed by atoms with van der Waals surface area (Å²) in [6.07, 6.45) is 3.56. The van der Waals surface area contributed by atoms with E-state index in [1.807, 2.05) is 24.4 Å². The van der Waals surface area contributed by atoms with Crippen molar-refractivity contribution in [3.63, 3.8) is 0 Å². The summed E-state index contributed by atoms with van der Waals surface area (Å²) in [4.78, 5) is 14.4. The van der Waals surface area contributed by atoms with Crippen LogP contribution in [0.25, 0.3) is 127 Å². The highest BCUT2D eigenvalue weighted by molar-refractivity contribution is 6.13. The van der Waals surface area contributed by atoms with Crippen molar-refractivity contribution in [3.05, 3.63) is 243 Å². The number of benzene rings is 9. The Hall–Kier alpha value is -9.39. The molecule has 0 aliphatic rings. The standard InChI is InChI=1S/C63H40N6/c1-4-15-41(16-5-1)55-36-46(37-56(66-55)42-17-6-2-7-18-42)43-19-14-22-48(33-43)68-57-25-12-10-23-50(57)52-34-44(27-30-59(52)68)45-28-31-60-53(35-45)51-24-11-13-26-58(51)69(60)49-29-32-61-54(38-49)63-62(39-64-40-65-63)67(61)47-20-8-3-9-21-47/h1-40H. The first-order chi connectivity index (χ1) is 34.2. The summed E-state index contributed by atoms with van der Waals surface area (Å²) < 4.78 is 7.05. The summed E-state index contributed by atoms with van der Waals surface area (Å²) in [6.45, 7) is 0. The van der Waals surface area contributed by atoms with Crippen LogP contribution in [0.4, 0.5) is 0 Å². The van der Waals surface area contributed by atoms with Gasteiger partial charge in [-0.1, -0.05) is 140 Å². The van der Waals surface area contributed by atoms with Gasteiger partial charge in [0.25, 0.3) is 0 Å². The van der Waals surface area contributed by atoms with Gasteiger partial charge in [0, 0.05) is 55.1 Å². The zero-order valence-electron chi connectivity index (χ0n) is 37.3. The molecule has 0 fully saturated rings. The molecular formula is C63H40N6. The van der Waals surface area contributed by atoms with E-state index in [4.69, 9.17) is 9.97 Å². The molecule has 0 saturated carbocycles. The van der Waals surface area contributed by atoms with Crippen LogP contribution in [-0.2, 0) is 0 Å². The van der Waals surface area contributed by atoms with E-state index in [0.29, 0.717) is 0 Å². The lowest BCUT2D eigenvalue weighted by Crippen LogP contribution is -1.96. The Balaban J connectivity index is 0.882. The summed E-state index contributed by atoms with van der Waals surface area (Å²) in [5.74, 6) is 0. The maximum Gasteiger partial charge on any atom is 0.116 e. The van der Waals surface area contributed by atoms with Gasteiger partial charge in [-0.15, -0.1) is 0 Å². The minimum atomic E-state index is 0.932. The van der Waals surface area contributed by atoms with Crippen LogP contribution in [0.1, 0.15) is 0 Å². The first-order valence-electron chi connectivity index (χ1n) is 23.3. The number of fused-ring (bicyclic) bond motifs is 9. The average molecular weight is 881 g/mol. The van der Waals surface area contributed by atoms with Crippen LogP contribution >= 0.6 is 0 Å². The van der Waals surface area contributed by atoms with E-state index >= 15 is 0 Å². The van der Waals surface area contributed by atoms with Gasteiger partial charge in [-0.2, -0.15) is 0 Å². The molecule has 0 bridgehead atoms. The molecule has 0 amide bonds. The van der Waals surface area contributed by atoms with Crippen molar-refractivity contribution in [2.45, 2.75) is 0 Å². The van der Waals surface area contributed by atoms with E-state index in [1.165, 1.54) is 38.2 Å². The molecule has 6 nitrogen and oxygen atoms in total. The SMILES string of the molecule is c1ccc(-c2cc(-c3cccc(-n4c5ccccc5c5cc(-c6ccc7c(c6)c6ccccc6n7-c6ccc7c(c6)c6ncncc6n7-c6ccccc6)ccc54)c3)cc(-c3ccccc3)n2)cc1. The van der Waals surface area contributed by atoms with E-state index in [-0.39, 0.29) is 0 Å². The number of para-hydroxylation sites is 3. The highest BCUT2D eigenvalue weighted by Crippen LogP contribution is 2.41. The summed E-state index contributed by atoms with van der Waals surface area (Å²) in [6, 6.07) is 82.8. The monoisotopic (exact) mass is 880 g/mol. The number of pyridine rings is 1. The van der Waals surface area contributed by atoms with Gasteiger partial charge in [-0.3, -0.25) is 0 Å². The van der Waals surface area contributed by atoms with E-state index in [0.717, 1.165) is 89.2 Å². The Bertz CT molecular complexity index is 4240. The predicted octanol–water partition coefficient (Wildman–Crippen LogP) is 15.8. The van der Waals surface area contributed by atoms with Crippen molar-refractivity contribution in [1.29, 1.82) is 0 Å². The molecule has 0 saturated heterocycles. The van der Waals surface area contributed by atoms with Gasteiger partial charge in [0.2, 0.25) is 0 Å². The lowest BCUT2D eigenvalue weighted by atomic mass is 9.99. The van der Waals surface area contributed by atoms with Crippen LogP contribution in [0.5, 0.6) is 0 Å². The van der Waals surface area contributed by atoms with Gasteiger partial charge >= 0.3 is 0 Å². The fourth-order valence-electron chi connectivity index (χ4n) is 10.6. The molecule has 14 aromatic rings. The molecule has 0 unspecified atom stereocenters. The first-order valence-corrected chi connectivity index (χ1v) is 23.3. The van der Waals surface area contributed by atoms with Crippen LogP contribution in [-0.4, -0.2) is 28.7 Å². The molecule has 14 rings (SSSR count). The van der Waals surface area contributed by atoms with Crippen molar-refractivity contribution in [1.82, 2.24) is 28.7 Å². The molecule has 0 radical (unpaired) electrons. The topological polar surface area (TPSA) is 53.5 Å². The third-order valence-corrected chi connectivity index (χ3v) is 13.8. The number of rotatable bonds is 7. The van der Waals surface area contributed by atoms with Gasteiger partial charge in [-0.05, 0) is 113 Å². The van der Waals surface area contributed by atoms with E-state index < -0.39 is 0 Å². The normalized spacial score (nSPS) is 11.8. The number of hydrogen-bond donors (Lipinski definition) is 0. The summed E-state index contributed by atoms with van der Waals surface area (Å²) >= 11 is 0. The van der Waals surface area contributed by atoms with Crippen LogP contribution in [0.3, 0.4) is 0 Å². The van der Waals surface area contributed by atoms with Crippen molar-refractivity contribution in [2.24, 2.45) is 0 Å². The van der Waals surface area contributed by atoms with Gasteiger partial charge in [-0.25, -0.2) is 15.0 Å². The van der Waals surface area contributed by atoms with Crippen LogP contribution in [0.2, 0.25) is 0 Å². The second-order valence-electron chi connectivity index (χ2n) is 17.7. The lowest BCUT2D eigenvalue weighted by Gasteiger charge is -2.13. The summed E-state index contributed by atoms with van der Waals surface area (Å²) in [5, 5.41) is 5.93. The van der Waals surface area contributed by atoms with Crippen molar-refractivity contribution >= 4 is 65.5 Å². The molecule has 5 aromatic heterocycles. The van der Waals surface area contributed by atoms with Crippen molar-refractivity contribution in [2.75, 3.05) is 0 Å². The molecule has 0 N–H and O–H groups in total. The molecule has 69 heavy (non-hydrogen) atoms. The second-order valence-corrected chi connectivity index (χ2v) is 17.7. The van der Waals surface area contributed by atoms with Gasteiger partial charge in [0.15, 0.2) is 0 Å². The Labute approximate surface area is 397 Å². The smallest absolute Gasteiger partial charge is 0.116 e. The molecule has 5 heterocycles. The third kappa shape index (κ3) is 6.30. The maximum atomic E-state index is 5.15. The summed E-state index contributed by atoms with van der Waals surface area (Å²) in [5.41, 5.74) is 19.6. The quantitative estimate of drug-likeness (QED) is 0.160. The lowest BCUT2D eigenvalue weighted by molar-refractivity contribution is 1.14. The first kappa shape index (κ1) is 38.8.